The third kappa shape index (κ3) is 7.29. The highest BCUT2D eigenvalue weighted by molar-refractivity contribution is 7.58. The van der Waals surface area contributed by atoms with Crippen LogP contribution >= 0.6 is 7.52 Å². The quantitative estimate of drug-likeness (QED) is 0.210. The van der Waals surface area contributed by atoms with Crippen LogP contribution in [0.25, 0.3) is 0 Å². The first-order valence-electron chi connectivity index (χ1n) is 13.5. The van der Waals surface area contributed by atoms with Gasteiger partial charge in [-0.15, -0.1) is 0 Å². The Hall–Kier alpha value is 0.110. The summed E-state index contributed by atoms with van der Waals surface area (Å²) in [6.45, 7) is 18.3. The number of unbranched alkanes of at least 4 members (excludes halogenated alkanes) is 3. The van der Waals surface area contributed by atoms with Gasteiger partial charge in [0.1, 0.15) is 0 Å². The topological polar surface area (TPSA) is 32.8 Å². The van der Waals surface area contributed by atoms with Gasteiger partial charge in [-0.25, -0.2) is 4.67 Å². The fourth-order valence-corrected chi connectivity index (χ4v) is 8.10. The molecule has 0 radical (unpaired) electrons. The lowest BCUT2D eigenvalue weighted by molar-refractivity contribution is 0.0954. The predicted octanol–water partition coefficient (Wildman–Crippen LogP) is 7.72. The molecule has 2 saturated heterocycles. The van der Waals surface area contributed by atoms with Crippen molar-refractivity contribution in [2.45, 2.75) is 130 Å². The first-order chi connectivity index (χ1) is 14.7. The largest absolute Gasteiger partial charge is 0.316 e. The van der Waals surface area contributed by atoms with Crippen LogP contribution in [0.3, 0.4) is 0 Å². The van der Waals surface area contributed by atoms with Gasteiger partial charge < -0.3 is 9.42 Å². The van der Waals surface area contributed by atoms with E-state index in [1.807, 2.05) is 0 Å². The van der Waals surface area contributed by atoms with Crippen LogP contribution in [0.4, 0.5) is 0 Å². The van der Waals surface area contributed by atoms with Crippen LogP contribution in [0.2, 0.25) is 0 Å². The summed E-state index contributed by atoms with van der Waals surface area (Å²) in [6, 6.07) is 0.675. The lowest BCUT2D eigenvalue weighted by Gasteiger charge is -2.46. The molecule has 4 nitrogen and oxygen atoms in total. The molecule has 0 bridgehead atoms. The zero-order valence-electron chi connectivity index (χ0n) is 21.8. The molecule has 2 unspecified atom stereocenters. The highest BCUT2D eigenvalue weighted by Crippen LogP contribution is 2.64. The van der Waals surface area contributed by atoms with Crippen molar-refractivity contribution in [3.8, 4) is 0 Å². The minimum absolute atomic E-state index is 0.124. The normalized spacial score (nSPS) is 24.1. The Morgan fingerprint density at radius 3 is 2.06 bits per heavy atom. The Morgan fingerprint density at radius 1 is 0.871 bits per heavy atom. The second-order valence-electron chi connectivity index (χ2n) is 11.2. The molecule has 31 heavy (non-hydrogen) atoms. The summed E-state index contributed by atoms with van der Waals surface area (Å²) in [5.74, 6) is 0. The van der Waals surface area contributed by atoms with Gasteiger partial charge in [0, 0.05) is 19.1 Å². The van der Waals surface area contributed by atoms with E-state index < -0.39 is 7.52 Å². The standard InChI is InChI=1S/C26H53N2O2P/c1-7-10-11-13-18-26(6,9-3)23-30-31(29,25(4,5)8-2)28-21-16-24(17-22-28)27-19-14-12-15-20-27/h24H,7-23H2,1-6H3. The van der Waals surface area contributed by atoms with Crippen molar-refractivity contribution >= 4 is 7.52 Å². The van der Waals surface area contributed by atoms with Crippen LogP contribution < -0.4 is 0 Å². The molecule has 0 amide bonds. The molecular formula is C26H53N2O2P. The van der Waals surface area contributed by atoms with Gasteiger partial charge in [0.15, 0.2) is 0 Å². The van der Waals surface area contributed by atoms with Crippen molar-refractivity contribution in [2.24, 2.45) is 5.41 Å². The van der Waals surface area contributed by atoms with Crippen molar-refractivity contribution in [3.05, 3.63) is 0 Å². The van der Waals surface area contributed by atoms with E-state index in [-0.39, 0.29) is 10.6 Å². The SMILES string of the molecule is CCCCCCC(C)(CC)COP(=O)(N1CCC(N2CCCCC2)CC1)C(C)(C)CC. The van der Waals surface area contributed by atoms with E-state index in [1.54, 1.807) is 0 Å². The molecule has 0 aromatic carbocycles. The van der Waals surface area contributed by atoms with Crippen molar-refractivity contribution in [1.82, 2.24) is 9.57 Å². The number of likely N-dealkylation sites (tertiary alicyclic amines) is 1. The Morgan fingerprint density at radius 2 is 1.52 bits per heavy atom. The molecule has 0 aromatic rings. The molecule has 2 fully saturated rings. The predicted molar refractivity (Wildman–Crippen MR) is 135 cm³/mol. The monoisotopic (exact) mass is 456 g/mol. The first-order valence-corrected chi connectivity index (χ1v) is 15.0. The average Bonchev–Trinajstić information content (AvgIpc) is 2.81. The Bertz CT molecular complexity index is 554. The summed E-state index contributed by atoms with van der Waals surface area (Å²) in [5, 5.41) is -0.304. The van der Waals surface area contributed by atoms with Crippen molar-refractivity contribution in [3.63, 3.8) is 0 Å². The maximum absolute atomic E-state index is 14.5. The molecule has 2 atom stereocenters. The Labute approximate surface area is 194 Å². The molecule has 0 spiro atoms. The van der Waals surface area contributed by atoms with Gasteiger partial charge in [-0.1, -0.05) is 59.8 Å². The van der Waals surface area contributed by atoms with Gasteiger partial charge in [-0.3, -0.25) is 4.57 Å². The summed E-state index contributed by atoms with van der Waals surface area (Å²) in [6.07, 6.45) is 14.6. The molecule has 2 aliphatic rings. The zero-order chi connectivity index (χ0) is 23.0. The molecule has 2 aliphatic heterocycles. The van der Waals surface area contributed by atoms with E-state index >= 15 is 0 Å². The van der Waals surface area contributed by atoms with E-state index in [0.29, 0.717) is 12.6 Å². The summed E-state index contributed by atoms with van der Waals surface area (Å²) in [7, 11) is -2.90. The van der Waals surface area contributed by atoms with Crippen molar-refractivity contribution in [2.75, 3.05) is 32.8 Å². The second-order valence-corrected chi connectivity index (χ2v) is 14.3. The van der Waals surface area contributed by atoms with Crippen LogP contribution in [0, 0.1) is 5.41 Å². The molecule has 0 saturated carbocycles. The molecule has 2 heterocycles. The molecule has 0 N–H and O–H groups in total. The summed E-state index contributed by atoms with van der Waals surface area (Å²) < 4.78 is 23.4. The fraction of sp³-hybridized carbons (Fsp3) is 1.00. The number of hydrogen-bond donors (Lipinski definition) is 0. The summed E-state index contributed by atoms with van der Waals surface area (Å²) in [5.41, 5.74) is 0.124. The third-order valence-electron chi connectivity index (χ3n) is 8.43. The van der Waals surface area contributed by atoms with Gasteiger partial charge in [0.2, 0.25) is 0 Å². The average molecular weight is 457 g/mol. The molecule has 2 rings (SSSR count). The second kappa shape index (κ2) is 12.5. The van der Waals surface area contributed by atoms with Crippen LogP contribution in [0.15, 0.2) is 0 Å². The Balaban J connectivity index is 2.02. The van der Waals surface area contributed by atoms with Gasteiger partial charge in [0.05, 0.1) is 11.8 Å². The van der Waals surface area contributed by atoms with Crippen LogP contribution in [-0.4, -0.2) is 53.6 Å². The van der Waals surface area contributed by atoms with E-state index in [4.69, 9.17) is 4.52 Å². The van der Waals surface area contributed by atoms with E-state index in [9.17, 15) is 4.57 Å². The maximum atomic E-state index is 14.5. The summed E-state index contributed by atoms with van der Waals surface area (Å²) in [4.78, 5) is 2.70. The van der Waals surface area contributed by atoms with Crippen LogP contribution in [0.5, 0.6) is 0 Å². The van der Waals surface area contributed by atoms with Gasteiger partial charge in [-0.05, 0) is 77.3 Å². The number of piperidine rings is 2. The zero-order valence-corrected chi connectivity index (χ0v) is 22.7. The highest BCUT2D eigenvalue weighted by atomic mass is 31.2. The van der Waals surface area contributed by atoms with Crippen molar-refractivity contribution < 1.29 is 9.09 Å². The van der Waals surface area contributed by atoms with E-state index in [2.05, 4.69) is 51.1 Å². The number of hydrogen-bond acceptors (Lipinski definition) is 3. The van der Waals surface area contributed by atoms with Gasteiger partial charge in [-0.2, -0.15) is 0 Å². The smallest absolute Gasteiger partial charge is 0.277 e. The molecule has 5 heteroatoms. The highest BCUT2D eigenvalue weighted by Gasteiger charge is 2.47. The molecule has 0 aromatic heterocycles. The van der Waals surface area contributed by atoms with Crippen LogP contribution in [0.1, 0.15) is 119 Å². The third-order valence-corrected chi connectivity index (χ3v) is 11.9. The lowest BCUT2D eigenvalue weighted by atomic mass is 9.83. The molecular weight excluding hydrogens is 403 g/mol. The Kier molecular flexibility index (Phi) is 11.1. The minimum Gasteiger partial charge on any atom is -0.316 e. The van der Waals surface area contributed by atoms with E-state index in [0.717, 1.165) is 38.8 Å². The maximum Gasteiger partial charge on any atom is 0.277 e. The molecule has 0 aliphatic carbocycles. The van der Waals surface area contributed by atoms with Gasteiger partial charge in [0.25, 0.3) is 7.52 Å². The lowest BCUT2D eigenvalue weighted by Crippen LogP contribution is -2.47. The number of rotatable bonds is 13. The minimum atomic E-state index is -2.90. The van der Waals surface area contributed by atoms with Crippen molar-refractivity contribution in [1.29, 1.82) is 0 Å². The fourth-order valence-electron chi connectivity index (χ4n) is 5.18. The summed E-state index contributed by atoms with van der Waals surface area (Å²) >= 11 is 0. The molecule has 184 valence electrons. The van der Waals surface area contributed by atoms with Gasteiger partial charge >= 0.3 is 0 Å². The number of nitrogens with zero attached hydrogens (tertiary/aromatic N) is 2. The van der Waals surface area contributed by atoms with Crippen LogP contribution in [-0.2, 0) is 9.09 Å². The van der Waals surface area contributed by atoms with E-state index in [1.165, 1.54) is 64.5 Å². The first kappa shape index (κ1) is 27.4.